The molecule has 1 aromatic carbocycles. The first kappa shape index (κ1) is 17.2. The Morgan fingerprint density at radius 2 is 1.64 bits per heavy atom. The van der Waals surface area contributed by atoms with E-state index < -0.39 is 30.6 Å². The third-order valence-electron chi connectivity index (χ3n) is 3.18. The molecular weight excluding hydrogens is 367 g/mol. The number of carbonyl (C=O) groups is 2. The predicted octanol–water partition coefficient (Wildman–Crippen LogP) is 4.37. The number of imide groups is 1. The molecule has 10 heteroatoms. The Bertz CT molecular complexity index is 628. The number of hydrogen-bond donors (Lipinski definition) is 0. The highest BCUT2D eigenvalue weighted by Crippen LogP contribution is 2.37. The highest BCUT2D eigenvalue weighted by atomic mass is 35.5. The molecule has 4 nitrogen and oxygen atoms in total. The summed E-state index contributed by atoms with van der Waals surface area (Å²) in [5.74, 6) is -1.00. The molecule has 2 rings (SSSR count). The first-order valence-corrected chi connectivity index (χ1v) is 6.98. The predicted molar refractivity (Wildman–Crippen MR) is 76.6 cm³/mol. The van der Waals surface area contributed by atoms with Crippen molar-refractivity contribution in [1.29, 1.82) is 0 Å². The number of amides is 3. The number of hydrogen-bond acceptors (Lipinski definition) is 2. The largest absolute Gasteiger partial charge is 0.409 e. The number of benzene rings is 1. The molecule has 0 N–H and O–H groups in total. The number of halogens is 6. The molecule has 1 aliphatic heterocycles. The SMILES string of the molecule is CN1C(=O)N(c2cc(Cl)c(Cl)c(Cl)c2)C(=O)CC1C(F)(F)F. The van der Waals surface area contributed by atoms with Crippen molar-refractivity contribution in [3.63, 3.8) is 0 Å². The van der Waals surface area contributed by atoms with Crippen molar-refractivity contribution in [3.05, 3.63) is 27.2 Å². The molecule has 1 aromatic rings. The summed E-state index contributed by atoms with van der Waals surface area (Å²) in [5.41, 5.74) is -0.0399. The summed E-state index contributed by atoms with van der Waals surface area (Å²) in [6.07, 6.45) is -5.58. The molecule has 120 valence electrons. The summed E-state index contributed by atoms with van der Waals surface area (Å²) < 4.78 is 38.5. The Kier molecular flexibility index (Phi) is 4.52. The van der Waals surface area contributed by atoms with E-state index in [9.17, 15) is 22.8 Å². The summed E-state index contributed by atoms with van der Waals surface area (Å²) in [7, 11) is 0.971. The zero-order valence-electron chi connectivity index (χ0n) is 10.9. The van der Waals surface area contributed by atoms with Crippen LogP contribution in [0.25, 0.3) is 0 Å². The standard InChI is InChI=1S/C12H8Cl3F3N2O2/c1-19-8(12(16,17)18)4-9(21)20(11(19)22)5-2-6(13)10(15)7(14)3-5/h2-3,8H,4H2,1H3. The maximum atomic E-state index is 12.8. The average Bonchev–Trinajstić information content (AvgIpc) is 2.39. The van der Waals surface area contributed by atoms with E-state index in [1.807, 2.05) is 0 Å². The molecular formula is C12H8Cl3F3N2O2. The number of urea groups is 1. The Balaban J connectivity index is 2.42. The van der Waals surface area contributed by atoms with E-state index in [0.717, 1.165) is 7.05 Å². The second-order valence-electron chi connectivity index (χ2n) is 4.61. The van der Waals surface area contributed by atoms with Crippen molar-refractivity contribution < 1.29 is 22.8 Å². The fourth-order valence-electron chi connectivity index (χ4n) is 2.05. The monoisotopic (exact) mass is 374 g/mol. The Morgan fingerprint density at radius 1 is 1.14 bits per heavy atom. The molecule has 0 aromatic heterocycles. The van der Waals surface area contributed by atoms with Crippen LogP contribution in [0, 0.1) is 0 Å². The summed E-state index contributed by atoms with van der Waals surface area (Å²) in [4.78, 5) is 25.1. The maximum Gasteiger partial charge on any atom is 0.409 e. The van der Waals surface area contributed by atoms with Gasteiger partial charge in [0.15, 0.2) is 0 Å². The fourth-order valence-corrected chi connectivity index (χ4v) is 2.64. The van der Waals surface area contributed by atoms with E-state index >= 15 is 0 Å². The van der Waals surface area contributed by atoms with Crippen LogP contribution in [0.2, 0.25) is 15.1 Å². The minimum absolute atomic E-state index is 0.0190. The quantitative estimate of drug-likeness (QED) is 0.684. The third-order valence-corrected chi connectivity index (χ3v) is 4.38. The Hall–Kier alpha value is -1.18. The fraction of sp³-hybridized carbons (Fsp3) is 0.333. The van der Waals surface area contributed by atoms with Crippen LogP contribution in [0.3, 0.4) is 0 Å². The van der Waals surface area contributed by atoms with Crippen LogP contribution in [-0.2, 0) is 4.79 Å². The van der Waals surface area contributed by atoms with Gasteiger partial charge in [-0.3, -0.25) is 4.79 Å². The summed E-state index contributed by atoms with van der Waals surface area (Å²) in [5, 5.41) is -0.0266. The third kappa shape index (κ3) is 2.98. The minimum Gasteiger partial charge on any atom is -0.314 e. The zero-order chi connectivity index (χ0) is 16.8. The molecule has 1 atom stereocenters. The molecule has 1 aliphatic rings. The average molecular weight is 376 g/mol. The normalized spacial score (nSPS) is 19.9. The highest BCUT2D eigenvalue weighted by Gasteiger charge is 2.51. The van der Waals surface area contributed by atoms with Gasteiger partial charge in [-0.1, -0.05) is 34.8 Å². The van der Waals surface area contributed by atoms with Crippen LogP contribution in [0.5, 0.6) is 0 Å². The molecule has 1 unspecified atom stereocenters. The highest BCUT2D eigenvalue weighted by molar-refractivity contribution is 6.48. The van der Waals surface area contributed by atoms with Gasteiger partial charge in [0, 0.05) is 7.05 Å². The van der Waals surface area contributed by atoms with Crippen LogP contribution < -0.4 is 4.90 Å². The molecule has 1 heterocycles. The molecule has 0 bridgehead atoms. The molecule has 1 saturated heterocycles. The smallest absolute Gasteiger partial charge is 0.314 e. The summed E-state index contributed by atoms with van der Waals surface area (Å²) in [6, 6.07) is -0.907. The summed E-state index contributed by atoms with van der Waals surface area (Å²) >= 11 is 17.4. The topological polar surface area (TPSA) is 40.6 Å². The van der Waals surface area contributed by atoms with Gasteiger partial charge in [0.1, 0.15) is 6.04 Å². The number of carbonyl (C=O) groups excluding carboxylic acids is 2. The van der Waals surface area contributed by atoms with E-state index in [1.165, 1.54) is 12.1 Å². The van der Waals surface area contributed by atoms with Crippen molar-refractivity contribution >= 4 is 52.4 Å². The molecule has 0 radical (unpaired) electrons. The lowest BCUT2D eigenvalue weighted by Gasteiger charge is -2.38. The van der Waals surface area contributed by atoms with Crippen LogP contribution in [0.15, 0.2) is 12.1 Å². The Morgan fingerprint density at radius 3 is 2.09 bits per heavy atom. The van der Waals surface area contributed by atoms with Gasteiger partial charge < -0.3 is 4.90 Å². The van der Waals surface area contributed by atoms with E-state index in [0.29, 0.717) is 9.80 Å². The van der Waals surface area contributed by atoms with Gasteiger partial charge in [-0.2, -0.15) is 13.2 Å². The molecule has 1 fully saturated rings. The van der Waals surface area contributed by atoms with Crippen LogP contribution in [0.4, 0.5) is 23.7 Å². The van der Waals surface area contributed by atoms with E-state index in [2.05, 4.69) is 0 Å². The maximum absolute atomic E-state index is 12.8. The number of nitrogens with zero attached hydrogens (tertiary/aromatic N) is 2. The van der Waals surface area contributed by atoms with Crippen LogP contribution >= 0.6 is 34.8 Å². The van der Waals surface area contributed by atoms with Crippen LogP contribution in [-0.4, -0.2) is 36.1 Å². The first-order valence-electron chi connectivity index (χ1n) is 5.85. The van der Waals surface area contributed by atoms with Gasteiger partial charge in [-0.05, 0) is 12.1 Å². The van der Waals surface area contributed by atoms with E-state index in [1.54, 1.807) is 0 Å². The van der Waals surface area contributed by atoms with Crippen LogP contribution in [0.1, 0.15) is 6.42 Å². The lowest BCUT2D eigenvalue weighted by Crippen LogP contribution is -2.60. The van der Waals surface area contributed by atoms with Crippen molar-refractivity contribution in [2.75, 3.05) is 11.9 Å². The van der Waals surface area contributed by atoms with Crippen molar-refractivity contribution in [2.45, 2.75) is 18.6 Å². The Labute approximate surface area is 138 Å². The second kappa shape index (κ2) is 5.79. The summed E-state index contributed by atoms with van der Waals surface area (Å²) in [6.45, 7) is 0. The lowest BCUT2D eigenvalue weighted by atomic mass is 10.1. The molecule has 22 heavy (non-hydrogen) atoms. The van der Waals surface area contributed by atoms with Gasteiger partial charge >= 0.3 is 12.2 Å². The van der Waals surface area contributed by atoms with Crippen molar-refractivity contribution in [2.24, 2.45) is 0 Å². The van der Waals surface area contributed by atoms with Crippen molar-refractivity contribution in [3.8, 4) is 0 Å². The molecule has 3 amide bonds. The van der Waals surface area contributed by atoms with E-state index in [4.69, 9.17) is 34.8 Å². The zero-order valence-corrected chi connectivity index (χ0v) is 13.2. The molecule has 0 saturated carbocycles. The number of rotatable bonds is 1. The van der Waals surface area contributed by atoms with Gasteiger partial charge in [-0.15, -0.1) is 0 Å². The van der Waals surface area contributed by atoms with E-state index in [-0.39, 0.29) is 20.8 Å². The van der Waals surface area contributed by atoms with Crippen molar-refractivity contribution in [1.82, 2.24) is 4.90 Å². The van der Waals surface area contributed by atoms with Gasteiger partial charge in [0.25, 0.3) is 0 Å². The lowest BCUT2D eigenvalue weighted by molar-refractivity contribution is -0.179. The second-order valence-corrected chi connectivity index (χ2v) is 5.80. The van der Waals surface area contributed by atoms with Gasteiger partial charge in [0.05, 0.1) is 27.2 Å². The first-order chi connectivity index (χ1) is 10.0. The molecule has 0 aliphatic carbocycles. The number of anilines is 1. The minimum atomic E-state index is -4.69. The molecule has 0 spiro atoms. The van der Waals surface area contributed by atoms with Gasteiger partial charge in [-0.25, -0.2) is 9.69 Å². The number of alkyl halides is 3. The van der Waals surface area contributed by atoms with Gasteiger partial charge in [0.2, 0.25) is 5.91 Å².